The topological polar surface area (TPSA) is 44.1 Å². The Morgan fingerprint density at radius 3 is 2.81 bits per heavy atom. The van der Waals surface area contributed by atoms with Gasteiger partial charge in [-0.2, -0.15) is 0 Å². The Bertz CT molecular complexity index is 517. The molecule has 0 spiro atoms. The van der Waals surface area contributed by atoms with Gasteiger partial charge in [0.05, 0.1) is 24.7 Å². The molecule has 0 unspecified atom stereocenters. The average molecular weight is 216 g/mol. The average Bonchev–Trinajstić information content (AvgIpc) is 2.74. The van der Waals surface area contributed by atoms with Gasteiger partial charge in [-0.3, -0.25) is 4.79 Å². The first kappa shape index (κ1) is 10.4. The van der Waals surface area contributed by atoms with Crippen LogP contribution in [0, 0.1) is 0 Å². The van der Waals surface area contributed by atoms with Crippen LogP contribution in [0.5, 0.6) is 5.75 Å². The number of para-hydroxylation sites is 1. The molecule has 0 bridgehead atoms. The van der Waals surface area contributed by atoms with E-state index in [1.165, 1.54) is 0 Å². The van der Waals surface area contributed by atoms with Gasteiger partial charge >= 0.3 is 0 Å². The summed E-state index contributed by atoms with van der Waals surface area (Å²) in [4.78, 5) is 15.1. The lowest BCUT2D eigenvalue weighted by Crippen LogP contribution is -1.93. The largest absolute Gasteiger partial charge is 0.495 e. The third kappa shape index (κ3) is 1.69. The molecular weight excluding hydrogens is 204 g/mol. The van der Waals surface area contributed by atoms with E-state index in [1.54, 1.807) is 19.5 Å². The van der Waals surface area contributed by atoms with E-state index in [9.17, 15) is 4.79 Å². The zero-order chi connectivity index (χ0) is 11.5. The van der Waals surface area contributed by atoms with Crippen molar-refractivity contribution in [2.24, 2.45) is 7.05 Å². The van der Waals surface area contributed by atoms with Gasteiger partial charge in [0.25, 0.3) is 0 Å². The molecule has 4 heteroatoms. The molecule has 0 aliphatic rings. The van der Waals surface area contributed by atoms with Gasteiger partial charge < -0.3 is 9.30 Å². The normalized spacial score (nSPS) is 10.1. The number of hydrogen-bond donors (Lipinski definition) is 0. The summed E-state index contributed by atoms with van der Waals surface area (Å²) in [6, 6.07) is 5.42. The standard InChI is InChI=1S/C12H12N2O2/c1-14-6-11(13-8-14)10-5-3-4-9(7-15)12(10)16-2/h3-8H,1-2H3. The molecule has 0 atom stereocenters. The molecule has 16 heavy (non-hydrogen) atoms. The highest BCUT2D eigenvalue weighted by molar-refractivity contribution is 5.85. The molecule has 0 aliphatic heterocycles. The Labute approximate surface area is 93.5 Å². The molecule has 1 aromatic heterocycles. The number of carbonyl (C=O) groups excluding carboxylic acids is 1. The van der Waals surface area contributed by atoms with Crippen molar-refractivity contribution >= 4 is 6.29 Å². The molecule has 0 saturated carbocycles. The van der Waals surface area contributed by atoms with Crippen molar-refractivity contribution in [2.75, 3.05) is 7.11 Å². The van der Waals surface area contributed by atoms with Crippen LogP contribution in [0.3, 0.4) is 0 Å². The highest BCUT2D eigenvalue weighted by Crippen LogP contribution is 2.30. The fourth-order valence-corrected chi connectivity index (χ4v) is 1.63. The van der Waals surface area contributed by atoms with E-state index in [-0.39, 0.29) is 0 Å². The first-order chi connectivity index (χ1) is 7.76. The highest BCUT2D eigenvalue weighted by atomic mass is 16.5. The van der Waals surface area contributed by atoms with Crippen LogP contribution in [0.4, 0.5) is 0 Å². The number of methoxy groups -OCH3 is 1. The molecule has 2 aromatic rings. The number of aryl methyl sites for hydroxylation is 1. The quantitative estimate of drug-likeness (QED) is 0.736. The van der Waals surface area contributed by atoms with Crippen LogP contribution in [0.2, 0.25) is 0 Å². The molecule has 82 valence electrons. The van der Waals surface area contributed by atoms with Crippen molar-refractivity contribution in [3.63, 3.8) is 0 Å². The maximum absolute atomic E-state index is 10.9. The van der Waals surface area contributed by atoms with E-state index in [0.29, 0.717) is 11.3 Å². The number of nitrogens with zero attached hydrogens (tertiary/aromatic N) is 2. The monoisotopic (exact) mass is 216 g/mol. The summed E-state index contributed by atoms with van der Waals surface area (Å²) in [5, 5.41) is 0. The molecule has 0 saturated heterocycles. The smallest absolute Gasteiger partial charge is 0.153 e. The molecule has 0 radical (unpaired) electrons. The van der Waals surface area contributed by atoms with E-state index in [0.717, 1.165) is 17.5 Å². The molecule has 0 N–H and O–H groups in total. The minimum absolute atomic E-state index is 0.533. The molecule has 1 heterocycles. The number of aldehydes is 1. The predicted octanol–water partition coefficient (Wildman–Crippen LogP) is 1.91. The van der Waals surface area contributed by atoms with Gasteiger partial charge in [0, 0.05) is 18.8 Å². The van der Waals surface area contributed by atoms with E-state index in [2.05, 4.69) is 4.98 Å². The first-order valence-corrected chi connectivity index (χ1v) is 4.86. The minimum Gasteiger partial charge on any atom is -0.495 e. The van der Waals surface area contributed by atoms with Crippen LogP contribution in [0.25, 0.3) is 11.3 Å². The fraction of sp³-hybridized carbons (Fsp3) is 0.167. The van der Waals surface area contributed by atoms with Gasteiger partial charge in [0.1, 0.15) is 5.75 Å². The van der Waals surface area contributed by atoms with E-state index < -0.39 is 0 Å². The van der Waals surface area contributed by atoms with Crippen LogP contribution >= 0.6 is 0 Å². The van der Waals surface area contributed by atoms with Crippen molar-refractivity contribution in [2.45, 2.75) is 0 Å². The van der Waals surface area contributed by atoms with Crippen molar-refractivity contribution < 1.29 is 9.53 Å². The van der Waals surface area contributed by atoms with Crippen molar-refractivity contribution in [1.29, 1.82) is 0 Å². The summed E-state index contributed by atoms with van der Waals surface area (Å²) in [5.41, 5.74) is 2.15. The lowest BCUT2D eigenvalue weighted by atomic mass is 10.1. The predicted molar refractivity (Wildman–Crippen MR) is 60.6 cm³/mol. The van der Waals surface area contributed by atoms with Crippen molar-refractivity contribution in [1.82, 2.24) is 9.55 Å². The SMILES string of the molecule is COc1c(C=O)cccc1-c1cn(C)cn1. The Morgan fingerprint density at radius 1 is 1.44 bits per heavy atom. The number of benzene rings is 1. The second-order valence-corrected chi connectivity index (χ2v) is 3.47. The van der Waals surface area contributed by atoms with Gasteiger partial charge in [-0.05, 0) is 12.1 Å². The second kappa shape index (κ2) is 4.18. The Hall–Kier alpha value is -2.10. The number of aromatic nitrogens is 2. The Morgan fingerprint density at radius 2 is 2.25 bits per heavy atom. The Balaban J connectivity index is 2.60. The van der Waals surface area contributed by atoms with Gasteiger partial charge in [-0.15, -0.1) is 0 Å². The number of carbonyl (C=O) groups is 1. The summed E-state index contributed by atoms with van der Waals surface area (Å²) in [6.07, 6.45) is 4.38. The lowest BCUT2D eigenvalue weighted by Gasteiger charge is -2.08. The van der Waals surface area contributed by atoms with Gasteiger partial charge in [0.2, 0.25) is 0 Å². The summed E-state index contributed by atoms with van der Waals surface area (Å²) >= 11 is 0. The first-order valence-electron chi connectivity index (χ1n) is 4.86. The zero-order valence-electron chi connectivity index (χ0n) is 9.18. The minimum atomic E-state index is 0.533. The number of hydrogen-bond acceptors (Lipinski definition) is 3. The van der Waals surface area contributed by atoms with Crippen molar-refractivity contribution in [3.8, 4) is 17.0 Å². The highest BCUT2D eigenvalue weighted by Gasteiger charge is 2.11. The van der Waals surface area contributed by atoms with Crippen LogP contribution < -0.4 is 4.74 Å². The van der Waals surface area contributed by atoms with Crippen LogP contribution in [0.1, 0.15) is 10.4 Å². The molecule has 2 rings (SSSR count). The fourth-order valence-electron chi connectivity index (χ4n) is 1.63. The third-order valence-corrected chi connectivity index (χ3v) is 2.36. The number of ether oxygens (including phenoxy) is 1. The summed E-state index contributed by atoms with van der Waals surface area (Å²) < 4.78 is 7.10. The molecular formula is C12H12N2O2. The van der Waals surface area contributed by atoms with Crippen LogP contribution in [-0.2, 0) is 7.05 Å². The molecule has 4 nitrogen and oxygen atoms in total. The summed E-state index contributed by atoms with van der Waals surface area (Å²) in [6.45, 7) is 0. The molecule has 0 aliphatic carbocycles. The molecule has 0 fully saturated rings. The summed E-state index contributed by atoms with van der Waals surface area (Å²) in [7, 11) is 3.45. The van der Waals surface area contributed by atoms with Crippen LogP contribution in [-0.4, -0.2) is 22.9 Å². The Kier molecular flexibility index (Phi) is 2.72. The number of imidazole rings is 1. The van der Waals surface area contributed by atoms with Gasteiger partial charge in [-0.25, -0.2) is 4.98 Å². The zero-order valence-corrected chi connectivity index (χ0v) is 9.18. The molecule has 1 aromatic carbocycles. The van der Waals surface area contributed by atoms with Gasteiger partial charge in [-0.1, -0.05) is 6.07 Å². The summed E-state index contributed by atoms with van der Waals surface area (Å²) in [5.74, 6) is 0.566. The van der Waals surface area contributed by atoms with E-state index >= 15 is 0 Å². The molecule has 0 amide bonds. The van der Waals surface area contributed by atoms with Crippen LogP contribution in [0.15, 0.2) is 30.7 Å². The van der Waals surface area contributed by atoms with Gasteiger partial charge in [0.15, 0.2) is 6.29 Å². The lowest BCUT2D eigenvalue weighted by molar-refractivity contribution is 0.112. The maximum atomic E-state index is 10.9. The third-order valence-electron chi connectivity index (χ3n) is 2.36. The van der Waals surface area contributed by atoms with E-state index in [1.807, 2.05) is 29.9 Å². The number of rotatable bonds is 3. The second-order valence-electron chi connectivity index (χ2n) is 3.47. The van der Waals surface area contributed by atoms with E-state index in [4.69, 9.17) is 4.74 Å². The van der Waals surface area contributed by atoms with Crippen molar-refractivity contribution in [3.05, 3.63) is 36.3 Å². The maximum Gasteiger partial charge on any atom is 0.153 e.